The predicted molar refractivity (Wildman–Crippen MR) is 78.0 cm³/mol. The van der Waals surface area contributed by atoms with E-state index >= 15 is 0 Å². The van der Waals surface area contributed by atoms with Gasteiger partial charge in [0.05, 0.1) is 0 Å². The van der Waals surface area contributed by atoms with E-state index in [9.17, 15) is 8.42 Å². The lowest BCUT2D eigenvalue weighted by atomic mass is 10.2. The quantitative estimate of drug-likeness (QED) is 0.916. The molecule has 2 heterocycles. The van der Waals surface area contributed by atoms with Crippen LogP contribution in [0.15, 0.2) is 28.8 Å². The lowest BCUT2D eigenvalue weighted by Gasteiger charge is -2.14. The highest BCUT2D eigenvalue weighted by atomic mass is 35.5. The smallest absolute Gasteiger partial charge is 0.220 e. The molecule has 0 aliphatic carbocycles. The number of aromatic nitrogens is 1. The summed E-state index contributed by atoms with van der Waals surface area (Å²) in [6.45, 7) is 0.872. The molecule has 0 bridgehead atoms. The lowest BCUT2D eigenvalue weighted by molar-refractivity contribution is 0.443. The van der Waals surface area contributed by atoms with Gasteiger partial charge in [-0.15, -0.1) is 12.4 Å². The minimum absolute atomic E-state index is 0. The van der Waals surface area contributed by atoms with Crippen molar-refractivity contribution in [3.05, 3.63) is 30.0 Å². The van der Waals surface area contributed by atoms with Gasteiger partial charge in [0.1, 0.15) is 11.4 Å². The number of nitrogens with two attached hydrogens (primary N) is 1. The summed E-state index contributed by atoms with van der Waals surface area (Å²) in [4.78, 5) is 0. The Morgan fingerprint density at radius 2 is 2.15 bits per heavy atom. The van der Waals surface area contributed by atoms with Gasteiger partial charge in [-0.25, -0.2) is 8.42 Å². The van der Waals surface area contributed by atoms with Gasteiger partial charge in [0.15, 0.2) is 5.58 Å². The van der Waals surface area contributed by atoms with E-state index in [0.717, 1.165) is 5.39 Å². The fourth-order valence-electron chi connectivity index (χ4n) is 2.31. The topological polar surface area (TPSA) is 89.4 Å². The maximum absolute atomic E-state index is 12.3. The van der Waals surface area contributed by atoms with Crippen molar-refractivity contribution in [1.82, 2.24) is 9.46 Å². The minimum Gasteiger partial charge on any atom is -0.356 e. The van der Waals surface area contributed by atoms with Gasteiger partial charge in [-0.05, 0) is 18.6 Å². The van der Waals surface area contributed by atoms with E-state index in [1.54, 1.807) is 6.07 Å². The van der Waals surface area contributed by atoms with Gasteiger partial charge in [0.2, 0.25) is 10.0 Å². The van der Waals surface area contributed by atoms with E-state index in [2.05, 4.69) is 5.16 Å². The second-order valence-electron chi connectivity index (χ2n) is 4.79. The van der Waals surface area contributed by atoms with Crippen LogP contribution in [0.25, 0.3) is 11.0 Å². The maximum atomic E-state index is 12.3. The summed E-state index contributed by atoms with van der Waals surface area (Å²) in [7, 11) is -3.38. The molecule has 0 amide bonds. The predicted octanol–water partition coefficient (Wildman–Crippen LogP) is 1.11. The van der Waals surface area contributed by atoms with Crippen LogP contribution in [0.1, 0.15) is 12.1 Å². The number of hydrogen-bond donors (Lipinski definition) is 1. The second kappa shape index (κ2) is 5.69. The largest absolute Gasteiger partial charge is 0.356 e. The Morgan fingerprint density at radius 3 is 2.85 bits per heavy atom. The Kier molecular flexibility index (Phi) is 4.33. The molecule has 1 unspecified atom stereocenters. The van der Waals surface area contributed by atoms with Crippen molar-refractivity contribution in [2.75, 3.05) is 13.1 Å². The molecule has 1 fully saturated rings. The highest BCUT2D eigenvalue weighted by Gasteiger charge is 2.30. The Morgan fingerprint density at radius 1 is 1.40 bits per heavy atom. The van der Waals surface area contributed by atoms with Crippen molar-refractivity contribution in [3.8, 4) is 0 Å². The third-order valence-electron chi connectivity index (χ3n) is 3.35. The fourth-order valence-corrected chi connectivity index (χ4v) is 3.85. The first-order valence-corrected chi connectivity index (χ1v) is 7.74. The van der Waals surface area contributed by atoms with Crippen molar-refractivity contribution in [2.24, 2.45) is 5.73 Å². The van der Waals surface area contributed by atoms with E-state index in [1.165, 1.54) is 4.31 Å². The maximum Gasteiger partial charge on any atom is 0.220 e. The molecule has 0 radical (unpaired) electrons. The average molecular weight is 318 g/mol. The van der Waals surface area contributed by atoms with Crippen LogP contribution in [-0.2, 0) is 15.8 Å². The molecule has 1 aromatic carbocycles. The molecule has 110 valence electrons. The highest BCUT2D eigenvalue weighted by molar-refractivity contribution is 7.88. The molecule has 1 aliphatic heterocycles. The number of sulfonamides is 1. The van der Waals surface area contributed by atoms with Crippen molar-refractivity contribution in [3.63, 3.8) is 0 Å². The standard InChI is InChI=1S/C12H15N3O3S.ClH/c13-9-5-6-15(7-9)19(16,17)8-11-10-3-1-2-4-12(10)18-14-11;/h1-4,9H,5-8,13H2;1H. The summed E-state index contributed by atoms with van der Waals surface area (Å²) in [6, 6.07) is 7.17. The first-order valence-electron chi connectivity index (χ1n) is 6.13. The average Bonchev–Trinajstić information content (AvgIpc) is 2.97. The van der Waals surface area contributed by atoms with E-state index in [4.69, 9.17) is 10.3 Å². The monoisotopic (exact) mass is 317 g/mol. The summed E-state index contributed by atoms with van der Waals surface area (Å²) in [6.07, 6.45) is 0.707. The van der Waals surface area contributed by atoms with Crippen molar-refractivity contribution in [2.45, 2.75) is 18.2 Å². The molecule has 1 saturated heterocycles. The normalized spacial score (nSPS) is 20.1. The van der Waals surface area contributed by atoms with E-state index in [0.29, 0.717) is 30.8 Å². The van der Waals surface area contributed by atoms with Crippen LogP contribution in [0.5, 0.6) is 0 Å². The van der Waals surface area contributed by atoms with E-state index < -0.39 is 10.0 Å². The molecular weight excluding hydrogens is 302 g/mol. The summed E-state index contributed by atoms with van der Waals surface area (Å²) >= 11 is 0. The zero-order valence-electron chi connectivity index (χ0n) is 10.7. The van der Waals surface area contributed by atoms with E-state index in [-0.39, 0.29) is 24.2 Å². The van der Waals surface area contributed by atoms with Gasteiger partial charge in [0, 0.05) is 24.5 Å². The fraction of sp³-hybridized carbons (Fsp3) is 0.417. The third kappa shape index (κ3) is 2.80. The number of benzene rings is 1. The van der Waals surface area contributed by atoms with Gasteiger partial charge in [-0.1, -0.05) is 17.3 Å². The SMILES string of the molecule is Cl.NC1CCN(S(=O)(=O)Cc2noc3ccccc23)C1. The molecule has 0 spiro atoms. The number of nitrogens with zero attached hydrogens (tertiary/aromatic N) is 2. The van der Waals surface area contributed by atoms with Crippen LogP contribution < -0.4 is 5.73 Å². The number of fused-ring (bicyclic) bond motifs is 1. The Hall–Kier alpha value is -1.15. The van der Waals surface area contributed by atoms with Crippen molar-refractivity contribution < 1.29 is 12.9 Å². The van der Waals surface area contributed by atoms with Crippen LogP contribution in [0, 0.1) is 0 Å². The van der Waals surface area contributed by atoms with Gasteiger partial charge >= 0.3 is 0 Å². The number of hydrogen-bond acceptors (Lipinski definition) is 5. The van der Waals surface area contributed by atoms with Crippen LogP contribution in [0.4, 0.5) is 0 Å². The zero-order chi connectivity index (χ0) is 13.5. The first kappa shape index (κ1) is 15.2. The van der Waals surface area contributed by atoms with Crippen LogP contribution in [0.2, 0.25) is 0 Å². The lowest BCUT2D eigenvalue weighted by Crippen LogP contribution is -2.32. The molecule has 20 heavy (non-hydrogen) atoms. The minimum atomic E-state index is -3.38. The molecule has 1 atom stereocenters. The first-order chi connectivity index (χ1) is 9.06. The Bertz CT molecular complexity index is 701. The molecule has 8 heteroatoms. The molecule has 3 rings (SSSR count). The van der Waals surface area contributed by atoms with Gasteiger partial charge in [-0.3, -0.25) is 0 Å². The number of halogens is 1. The number of rotatable bonds is 3. The summed E-state index contributed by atoms with van der Waals surface area (Å²) < 4.78 is 31.1. The summed E-state index contributed by atoms with van der Waals surface area (Å²) in [5.41, 5.74) is 6.80. The van der Waals surface area contributed by atoms with Crippen LogP contribution in [0.3, 0.4) is 0 Å². The molecule has 2 N–H and O–H groups in total. The van der Waals surface area contributed by atoms with Gasteiger partial charge in [0.25, 0.3) is 0 Å². The molecule has 1 aromatic heterocycles. The number of para-hydroxylation sites is 1. The molecule has 1 aliphatic rings. The summed E-state index contributed by atoms with van der Waals surface area (Å²) in [5, 5.41) is 4.60. The molecule has 6 nitrogen and oxygen atoms in total. The van der Waals surface area contributed by atoms with Gasteiger partial charge < -0.3 is 10.3 Å². The van der Waals surface area contributed by atoms with E-state index in [1.807, 2.05) is 18.2 Å². The Balaban J connectivity index is 0.00000147. The van der Waals surface area contributed by atoms with Crippen LogP contribution >= 0.6 is 12.4 Å². The molecular formula is C12H16ClN3O3S. The second-order valence-corrected chi connectivity index (χ2v) is 6.76. The van der Waals surface area contributed by atoms with Crippen LogP contribution in [-0.4, -0.2) is 37.0 Å². The molecule has 2 aromatic rings. The zero-order valence-corrected chi connectivity index (χ0v) is 12.4. The third-order valence-corrected chi connectivity index (χ3v) is 5.11. The highest BCUT2D eigenvalue weighted by Crippen LogP contribution is 2.22. The van der Waals surface area contributed by atoms with Crippen molar-refractivity contribution >= 4 is 33.4 Å². The van der Waals surface area contributed by atoms with Gasteiger partial charge in [-0.2, -0.15) is 4.31 Å². The molecule has 0 saturated carbocycles. The van der Waals surface area contributed by atoms with Crippen molar-refractivity contribution in [1.29, 1.82) is 0 Å². The summed E-state index contributed by atoms with van der Waals surface area (Å²) in [5.74, 6) is -0.142. The Labute approximate surface area is 123 Å².